The van der Waals surface area contributed by atoms with Crippen molar-refractivity contribution < 1.29 is 64.1 Å². The van der Waals surface area contributed by atoms with Crippen molar-refractivity contribution in [1.29, 1.82) is 0 Å². The average Bonchev–Trinajstić information content (AvgIpc) is 2.58. The minimum Gasteiger partial charge on any atom is -0.495 e. The molecule has 1 aromatic carbocycles. The molecule has 0 atom stereocenters. The fraction of sp³-hybridized carbons (Fsp3) is 0.312. The number of carbonyl (C=O) groups is 5. The molecule has 0 bridgehead atoms. The third kappa shape index (κ3) is 9.65. The second-order valence-corrected chi connectivity index (χ2v) is 5.47. The van der Waals surface area contributed by atoms with E-state index in [2.05, 4.69) is 10.6 Å². The van der Waals surface area contributed by atoms with Gasteiger partial charge in [0.1, 0.15) is 12.3 Å². The third-order valence-corrected chi connectivity index (χ3v) is 3.22. The first kappa shape index (κ1) is 26.0. The first-order valence-electron chi connectivity index (χ1n) is 7.76. The van der Waals surface area contributed by atoms with Gasteiger partial charge < -0.3 is 30.7 Å². The quantitative estimate of drug-likeness (QED) is 0.253. The molecule has 13 heteroatoms. The molecule has 0 saturated carbocycles. The maximum Gasteiger partial charge on any atom is 0.322 e. The maximum atomic E-state index is 12.1. The third-order valence-electron chi connectivity index (χ3n) is 3.22. The zero-order chi connectivity index (χ0) is 21.3. The van der Waals surface area contributed by atoms with Crippen LogP contribution in [0.1, 0.15) is 10.4 Å². The molecule has 0 aromatic heterocycles. The number of hydrogen-bond acceptors (Lipinski definition) is 7. The molecule has 12 nitrogen and oxygen atoms in total. The summed E-state index contributed by atoms with van der Waals surface area (Å²) >= 11 is 0. The topological polar surface area (TPSA) is 183 Å². The molecule has 0 saturated heterocycles. The van der Waals surface area contributed by atoms with E-state index in [9.17, 15) is 24.0 Å². The fourth-order valence-electron chi connectivity index (χ4n) is 2.14. The van der Waals surface area contributed by atoms with Crippen LogP contribution in [-0.4, -0.2) is 83.2 Å². The van der Waals surface area contributed by atoms with Gasteiger partial charge in [-0.2, -0.15) is 0 Å². The van der Waals surface area contributed by atoms with Gasteiger partial charge in [-0.3, -0.25) is 28.9 Å². The summed E-state index contributed by atoms with van der Waals surface area (Å²) in [5, 5.41) is 30.7. The molecule has 0 unspecified atom stereocenters. The summed E-state index contributed by atoms with van der Waals surface area (Å²) in [6.45, 7) is -2.34. The summed E-state index contributed by atoms with van der Waals surface area (Å²) in [5.41, 5.74) is 0.252. The number of aliphatic carboxylic acids is 3. The minimum absolute atomic E-state index is 0. The Morgan fingerprint density at radius 3 is 2.03 bits per heavy atom. The summed E-state index contributed by atoms with van der Waals surface area (Å²) < 4.78 is 5.08. The summed E-state index contributed by atoms with van der Waals surface area (Å²) in [6, 6.07) is 3.94. The van der Waals surface area contributed by atoms with Crippen LogP contribution in [0.5, 0.6) is 5.75 Å². The molecule has 1 aromatic rings. The van der Waals surface area contributed by atoms with Gasteiger partial charge in [0, 0.05) is 25.7 Å². The summed E-state index contributed by atoms with van der Waals surface area (Å²) in [5.74, 6) is -5.04. The Hall–Kier alpha value is -3.02. The molecule has 2 amide bonds. The Balaban J connectivity index is 0.00000784. The van der Waals surface area contributed by atoms with Crippen LogP contribution in [0.3, 0.4) is 0 Å². The maximum absolute atomic E-state index is 12.1. The van der Waals surface area contributed by atoms with Crippen molar-refractivity contribution in [1.82, 2.24) is 10.2 Å². The smallest absolute Gasteiger partial charge is 0.322 e. The molecule has 0 fully saturated rings. The number of rotatable bonds is 11. The van der Waals surface area contributed by atoms with Crippen LogP contribution in [0.2, 0.25) is 0 Å². The van der Waals surface area contributed by atoms with Crippen molar-refractivity contribution in [2.75, 3.05) is 38.6 Å². The molecule has 0 aliphatic rings. The summed E-state index contributed by atoms with van der Waals surface area (Å²) in [7, 11) is 1.28. The molecular weight excluding hydrogens is 477 g/mol. The number of carboxylic acids is 3. The number of nitrogens with one attached hydrogen (secondary N) is 2. The van der Waals surface area contributed by atoms with Gasteiger partial charge in [-0.15, -0.1) is 0 Å². The second-order valence-electron chi connectivity index (χ2n) is 5.47. The van der Waals surface area contributed by atoms with Crippen LogP contribution in [0.25, 0.3) is 0 Å². The standard InChI is InChI=1S/C16H19N3O9.Tc/c1-28-11-4-9(16(27)17-5-13(21)22)2-3-10(11)18-12(20)6-19(7-14(23)24)8-15(25)26;/h2-4H,5-8H2,1H3,(H,17,27)(H,18,20)(H,21,22)(H,23,24)(H,25,26);/i;1+1. The molecule has 29 heavy (non-hydrogen) atoms. The summed E-state index contributed by atoms with van der Waals surface area (Å²) in [4.78, 5) is 56.9. The number of carboxylic acid groups (broad SMARTS) is 3. The van der Waals surface area contributed by atoms with Crippen molar-refractivity contribution in [3.05, 3.63) is 23.8 Å². The molecule has 1 radical (unpaired) electrons. The molecular formula is C16H19N3O9Tc. The van der Waals surface area contributed by atoms with E-state index < -0.39 is 55.9 Å². The number of benzene rings is 1. The zero-order valence-electron chi connectivity index (χ0n) is 15.2. The molecule has 0 spiro atoms. The predicted molar refractivity (Wildman–Crippen MR) is 93.3 cm³/mol. The van der Waals surface area contributed by atoms with Crippen molar-refractivity contribution >= 4 is 35.4 Å². The Kier molecular flexibility index (Phi) is 11.1. The number of methoxy groups -OCH3 is 1. The van der Waals surface area contributed by atoms with Gasteiger partial charge in [0.05, 0.1) is 32.4 Å². The minimum atomic E-state index is -1.29. The fourth-order valence-corrected chi connectivity index (χ4v) is 2.14. The van der Waals surface area contributed by atoms with Crippen LogP contribution in [0.15, 0.2) is 18.2 Å². The monoisotopic (exact) mass is 496 g/mol. The molecule has 159 valence electrons. The van der Waals surface area contributed by atoms with E-state index in [1.54, 1.807) is 0 Å². The van der Waals surface area contributed by atoms with Gasteiger partial charge in [-0.05, 0) is 18.2 Å². The van der Waals surface area contributed by atoms with E-state index in [0.29, 0.717) is 0 Å². The Morgan fingerprint density at radius 1 is 0.966 bits per heavy atom. The van der Waals surface area contributed by atoms with Crippen LogP contribution in [0.4, 0.5) is 5.69 Å². The van der Waals surface area contributed by atoms with Crippen molar-refractivity contribution in [3.8, 4) is 5.75 Å². The van der Waals surface area contributed by atoms with Gasteiger partial charge in [-0.1, -0.05) is 0 Å². The molecule has 0 aliphatic heterocycles. The first-order chi connectivity index (χ1) is 13.1. The van der Waals surface area contributed by atoms with Gasteiger partial charge in [0.25, 0.3) is 5.91 Å². The van der Waals surface area contributed by atoms with Gasteiger partial charge >= 0.3 is 17.9 Å². The second kappa shape index (κ2) is 12.4. The number of ether oxygens (including phenoxy) is 1. The number of nitrogens with zero attached hydrogens (tertiary/aromatic N) is 1. The number of amides is 2. The SMILES string of the molecule is COc1cc(C(=O)NCC(=O)O)ccc1NC(=O)CN(CC(=O)O)CC(=O)O.[99Tc]. The van der Waals surface area contributed by atoms with E-state index >= 15 is 0 Å². The van der Waals surface area contributed by atoms with Crippen molar-refractivity contribution in [2.24, 2.45) is 0 Å². The normalized spacial score (nSPS) is 9.86. The molecule has 1 rings (SSSR count). The van der Waals surface area contributed by atoms with Crippen molar-refractivity contribution in [3.63, 3.8) is 0 Å². The van der Waals surface area contributed by atoms with E-state index in [-0.39, 0.29) is 37.1 Å². The number of hydrogen-bond donors (Lipinski definition) is 5. The number of anilines is 1. The molecule has 0 aliphatic carbocycles. The summed E-state index contributed by atoms with van der Waals surface area (Å²) in [6.07, 6.45) is 0. The molecule has 0 heterocycles. The average molecular weight is 496 g/mol. The van der Waals surface area contributed by atoms with Crippen LogP contribution >= 0.6 is 0 Å². The Bertz CT molecular complexity index is 769. The van der Waals surface area contributed by atoms with Crippen LogP contribution < -0.4 is 15.4 Å². The van der Waals surface area contributed by atoms with E-state index in [1.165, 1.54) is 25.3 Å². The van der Waals surface area contributed by atoms with E-state index in [4.69, 9.17) is 20.1 Å². The van der Waals surface area contributed by atoms with E-state index in [0.717, 1.165) is 4.90 Å². The largest absolute Gasteiger partial charge is 0.495 e. The predicted octanol–water partition coefficient (Wildman–Crippen LogP) is -1.08. The molecule has 5 N–H and O–H groups in total. The van der Waals surface area contributed by atoms with Crippen molar-refractivity contribution in [2.45, 2.75) is 0 Å². The number of carbonyl (C=O) groups excluding carboxylic acids is 2. The first-order valence-corrected chi connectivity index (χ1v) is 7.76. The Morgan fingerprint density at radius 2 is 1.55 bits per heavy atom. The van der Waals surface area contributed by atoms with Crippen LogP contribution in [-0.2, 0) is 39.3 Å². The zero-order valence-corrected chi connectivity index (χ0v) is 17.0. The van der Waals surface area contributed by atoms with Gasteiger partial charge in [0.15, 0.2) is 0 Å². The van der Waals surface area contributed by atoms with Gasteiger partial charge in [0.2, 0.25) is 5.91 Å². The van der Waals surface area contributed by atoms with Crippen LogP contribution in [0, 0.1) is 0 Å². The Labute approximate surface area is 178 Å². The van der Waals surface area contributed by atoms with E-state index in [1.807, 2.05) is 0 Å². The van der Waals surface area contributed by atoms with Gasteiger partial charge in [-0.25, -0.2) is 0 Å².